The van der Waals surface area contributed by atoms with E-state index in [1.165, 1.54) is 5.56 Å². The topological polar surface area (TPSA) is 75.3 Å². The number of ether oxygens (including phenoxy) is 5. The molecular formula is C27H29NO6. The number of amides is 1. The molecule has 178 valence electrons. The summed E-state index contributed by atoms with van der Waals surface area (Å²) in [6.07, 6.45) is -0.481. The molecule has 0 saturated heterocycles. The molecule has 7 nitrogen and oxygen atoms in total. The predicted molar refractivity (Wildman–Crippen MR) is 128 cm³/mol. The molecule has 1 aliphatic rings. The number of hydrogen-bond donors (Lipinski definition) is 1. The van der Waals surface area contributed by atoms with Gasteiger partial charge in [0.25, 0.3) is 5.91 Å². The van der Waals surface area contributed by atoms with Gasteiger partial charge in [0, 0.05) is 0 Å². The van der Waals surface area contributed by atoms with Crippen molar-refractivity contribution in [3.8, 4) is 28.7 Å². The Balaban J connectivity index is 1.45. The number of carbonyl (C=O) groups excluding carboxylic acids is 1. The number of methoxy groups -OCH3 is 2. The molecule has 0 unspecified atom stereocenters. The molecule has 0 spiro atoms. The van der Waals surface area contributed by atoms with E-state index < -0.39 is 12.2 Å². The zero-order valence-corrected chi connectivity index (χ0v) is 19.6. The van der Waals surface area contributed by atoms with Crippen molar-refractivity contribution in [1.82, 2.24) is 5.32 Å². The van der Waals surface area contributed by atoms with E-state index in [1.807, 2.05) is 48.5 Å². The summed E-state index contributed by atoms with van der Waals surface area (Å²) in [5, 5.41) is 2.90. The van der Waals surface area contributed by atoms with Gasteiger partial charge in [-0.25, -0.2) is 0 Å². The van der Waals surface area contributed by atoms with Gasteiger partial charge in [0.1, 0.15) is 6.61 Å². The second-order valence-corrected chi connectivity index (χ2v) is 7.75. The number of para-hydroxylation sites is 3. The van der Waals surface area contributed by atoms with Crippen molar-refractivity contribution in [1.29, 1.82) is 0 Å². The van der Waals surface area contributed by atoms with Gasteiger partial charge in [0.2, 0.25) is 11.9 Å². The van der Waals surface area contributed by atoms with Gasteiger partial charge in [-0.3, -0.25) is 4.79 Å². The minimum atomic E-state index is -0.844. The Bertz CT molecular complexity index is 1090. The molecule has 0 fully saturated rings. The van der Waals surface area contributed by atoms with Gasteiger partial charge in [-0.15, -0.1) is 0 Å². The first-order valence-corrected chi connectivity index (χ1v) is 11.3. The lowest BCUT2D eigenvalue weighted by Gasteiger charge is -2.33. The summed E-state index contributed by atoms with van der Waals surface area (Å²) < 4.78 is 28.8. The first-order chi connectivity index (χ1) is 16.6. The molecule has 7 heteroatoms. The molecule has 34 heavy (non-hydrogen) atoms. The second kappa shape index (κ2) is 10.8. The molecule has 2 atom stereocenters. The van der Waals surface area contributed by atoms with Crippen LogP contribution in [-0.4, -0.2) is 39.4 Å². The van der Waals surface area contributed by atoms with E-state index in [4.69, 9.17) is 23.7 Å². The summed E-state index contributed by atoms with van der Waals surface area (Å²) >= 11 is 0. The minimum absolute atomic E-state index is 0.225. The highest BCUT2D eigenvalue weighted by molar-refractivity contribution is 5.82. The normalized spacial score (nSPS) is 16.4. The average Bonchev–Trinajstić information content (AvgIpc) is 2.90. The molecule has 1 heterocycles. The van der Waals surface area contributed by atoms with Crippen molar-refractivity contribution in [3.63, 3.8) is 0 Å². The van der Waals surface area contributed by atoms with Crippen LogP contribution in [0.4, 0.5) is 0 Å². The number of benzene rings is 3. The van der Waals surface area contributed by atoms with Gasteiger partial charge in [0.05, 0.1) is 20.8 Å². The molecule has 0 bridgehead atoms. The lowest BCUT2D eigenvalue weighted by atomic mass is 10.00. The van der Waals surface area contributed by atoms with Crippen LogP contribution in [0.2, 0.25) is 0 Å². The highest BCUT2D eigenvalue weighted by Gasteiger charge is 2.38. The van der Waals surface area contributed by atoms with Crippen LogP contribution in [0.5, 0.6) is 28.7 Å². The Labute approximate surface area is 199 Å². The molecule has 3 aromatic rings. The Hall–Kier alpha value is -3.87. The van der Waals surface area contributed by atoms with Gasteiger partial charge >= 0.3 is 0 Å². The van der Waals surface area contributed by atoms with Gasteiger partial charge < -0.3 is 29.0 Å². The molecule has 0 saturated carbocycles. The van der Waals surface area contributed by atoms with Crippen LogP contribution < -0.4 is 29.0 Å². The first-order valence-electron chi connectivity index (χ1n) is 11.3. The maximum Gasteiger partial charge on any atom is 0.265 e. The average molecular weight is 464 g/mol. The molecule has 3 aromatic carbocycles. The maximum absolute atomic E-state index is 13.2. The standard InChI is InChI=1S/C27H29NO6/c1-4-18-12-14-19(15-13-18)24-26(34-21-9-6-5-8-20(21)33-24)27(29)28-16-17-32-25-22(30-2)10-7-11-23(25)31-3/h5-15,24,26H,4,16-17H2,1-3H3,(H,28,29)/t24-,26+/m1/s1. The van der Waals surface area contributed by atoms with Gasteiger partial charge in [-0.2, -0.15) is 0 Å². The maximum atomic E-state index is 13.2. The van der Waals surface area contributed by atoms with Crippen molar-refractivity contribution >= 4 is 5.91 Å². The van der Waals surface area contributed by atoms with Crippen molar-refractivity contribution < 1.29 is 28.5 Å². The largest absolute Gasteiger partial charge is 0.493 e. The number of aryl methyl sites for hydroxylation is 1. The molecule has 4 rings (SSSR count). The Kier molecular flexibility index (Phi) is 7.42. The van der Waals surface area contributed by atoms with E-state index in [1.54, 1.807) is 32.4 Å². The summed E-state index contributed by atoms with van der Waals surface area (Å²) in [6.45, 7) is 2.59. The summed E-state index contributed by atoms with van der Waals surface area (Å²) in [5.74, 6) is 2.47. The fourth-order valence-corrected chi connectivity index (χ4v) is 3.81. The van der Waals surface area contributed by atoms with E-state index in [-0.39, 0.29) is 19.1 Å². The van der Waals surface area contributed by atoms with Crippen LogP contribution >= 0.6 is 0 Å². The number of fused-ring (bicyclic) bond motifs is 1. The monoisotopic (exact) mass is 463 g/mol. The molecule has 1 N–H and O–H groups in total. The third-order valence-corrected chi connectivity index (χ3v) is 5.64. The highest BCUT2D eigenvalue weighted by atomic mass is 16.6. The summed E-state index contributed by atoms with van der Waals surface area (Å²) in [5.41, 5.74) is 2.09. The Morgan fingerprint density at radius 3 is 2.15 bits per heavy atom. The number of carbonyl (C=O) groups is 1. The number of nitrogens with one attached hydrogen (secondary N) is 1. The van der Waals surface area contributed by atoms with Crippen LogP contribution in [0.1, 0.15) is 24.2 Å². The van der Waals surface area contributed by atoms with Gasteiger partial charge in [-0.05, 0) is 41.8 Å². The van der Waals surface area contributed by atoms with Gasteiger partial charge in [0.15, 0.2) is 29.1 Å². The molecule has 0 aliphatic carbocycles. The fourth-order valence-electron chi connectivity index (χ4n) is 3.81. The van der Waals surface area contributed by atoms with Crippen LogP contribution in [-0.2, 0) is 11.2 Å². The van der Waals surface area contributed by atoms with Crippen LogP contribution in [0, 0.1) is 0 Å². The van der Waals surface area contributed by atoms with E-state index in [0.717, 1.165) is 12.0 Å². The third kappa shape index (κ3) is 5.03. The summed E-state index contributed by atoms with van der Waals surface area (Å²) in [7, 11) is 3.13. The minimum Gasteiger partial charge on any atom is -0.493 e. The van der Waals surface area contributed by atoms with Crippen molar-refractivity contribution in [2.45, 2.75) is 25.6 Å². The third-order valence-electron chi connectivity index (χ3n) is 5.64. The van der Waals surface area contributed by atoms with Crippen LogP contribution in [0.3, 0.4) is 0 Å². The lowest BCUT2D eigenvalue weighted by molar-refractivity contribution is -0.134. The van der Waals surface area contributed by atoms with Crippen LogP contribution in [0.25, 0.3) is 0 Å². The van der Waals surface area contributed by atoms with Crippen molar-refractivity contribution in [2.75, 3.05) is 27.4 Å². The predicted octanol–water partition coefficient (Wildman–Crippen LogP) is 4.34. The zero-order chi connectivity index (χ0) is 23.9. The van der Waals surface area contributed by atoms with Crippen LogP contribution in [0.15, 0.2) is 66.7 Å². The van der Waals surface area contributed by atoms with E-state index in [0.29, 0.717) is 28.7 Å². The smallest absolute Gasteiger partial charge is 0.265 e. The van der Waals surface area contributed by atoms with Crippen molar-refractivity contribution in [3.05, 3.63) is 77.9 Å². The SMILES string of the molecule is CCc1ccc([C@H]2Oc3ccccc3O[C@@H]2C(=O)NCCOc2c(OC)cccc2OC)cc1. The highest BCUT2D eigenvalue weighted by Crippen LogP contribution is 2.39. The van der Waals surface area contributed by atoms with E-state index in [9.17, 15) is 4.79 Å². The number of hydrogen-bond acceptors (Lipinski definition) is 6. The molecule has 1 amide bonds. The van der Waals surface area contributed by atoms with E-state index >= 15 is 0 Å². The second-order valence-electron chi connectivity index (χ2n) is 7.75. The molecular weight excluding hydrogens is 434 g/mol. The van der Waals surface area contributed by atoms with Gasteiger partial charge in [-0.1, -0.05) is 49.4 Å². The Morgan fingerprint density at radius 2 is 1.53 bits per heavy atom. The molecule has 1 aliphatic heterocycles. The lowest BCUT2D eigenvalue weighted by Crippen LogP contribution is -2.46. The van der Waals surface area contributed by atoms with Crippen molar-refractivity contribution in [2.24, 2.45) is 0 Å². The quantitative estimate of drug-likeness (QED) is 0.476. The summed E-state index contributed by atoms with van der Waals surface area (Å²) in [6, 6.07) is 20.8. The molecule has 0 aromatic heterocycles. The zero-order valence-electron chi connectivity index (χ0n) is 19.6. The summed E-state index contributed by atoms with van der Waals surface area (Å²) in [4.78, 5) is 13.2. The number of rotatable bonds is 9. The Morgan fingerprint density at radius 1 is 0.882 bits per heavy atom. The van der Waals surface area contributed by atoms with E-state index in [2.05, 4.69) is 12.2 Å². The molecule has 0 radical (unpaired) electrons. The first kappa shape index (κ1) is 23.3. The fraction of sp³-hybridized carbons (Fsp3) is 0.296.